The summed E-state index contributed by atoms with van der Waals surface area (Å²) >= 11 is 14.4. The first-order valence-electron chi connectivity index (χ1n) is 15.6. The van der Waals surface area contributed by atoms with Gasteiger partial charge in [0.25, 0.3) is 0 Å². The van der Waals surface area contributed by atoms with E-state index in [1.54, 1.807) is 23.5 Å². The summed E-state index contributed by atoms with van der Waals surface area (Å²) in [5.41, 5.74) is 9.91. The minimum Gasteiger partial charge on any atom is -0.387 e. The zero-order valence-corrected chi connectivity index (χ0v) is 29.1. The fourth-order valence-corrected chi connectivity index (χ4v) is 7.15. The molecule has 1 saturated heterocycles. The molecular formula is C35H36Cl2FN9S. The van der Waals surface area contributed by atoms with Crippen molar-refractivity contribution in [2.45, 2.75) is 51.2 Å². The zero-order valence-electron chi connectivity index (χ0n) is 26.7. The van der Waals surface area contributed by atoms with E-state index in [1.165, 1.54) is 18.3 Å². The van der Waals surface area contributed by atoms with Crippen molar-refractivity contribution in [3.8, 4) is 6.07 Å². The quantitative estimate of drug-likeness (QED) is 0.0762. The summed E-state index contributed by atoms with van der Waals surface area (Å²) in [6.45, 7) is 8.78. The van der Waals surface area contributed by atoms with Crippen LogP contribution in [0.5, 0.6) is 0 Å². The molecule has 48 heavy (non-hydrogen) atoms. The highest BCUT2D eigenvalue weighted by Crippen LogP contribution is 2.37. The number of anilines is 3. The maximum Gasteiger partial charge on any atom is 0.141 e. The number of nitriles is 1. The second-order valence-electron chi connectivity index (χ2n) is 12.8. The Kier molecular flexibility index (Phi) is 9.92. The number of hydrogen-bond acceptors (Lipinski definition) is 10. The SMILES string of the molecule is CC(C)(C)N1CCC(N/C=C(\NN)[C@@H](Nc2cc(Cl)c3ncc(C#N)c(Nc4ccc(F)c(Cl)c4)c3c2)c2ccc3ncsc3c2)CC1. The number of likely N-dealkylation sites (tertiary alicyclic amines) is 1. The largest absolute Gasteiger partial charge is 0.387 e. The van der Waals surface area contributed by atoms with Crippen LogP contribution in [0.1, 0.15) is 50.8 Å². The predicted octanol–water partition coefficient (Wildman–Crippen LogP) is 8.22. The molecular weight excluding hydrogens is 668 g/mol. The van der Waals surface area contributed by atoms with Gasteiger partial charge < -0.3 is 21.4 Å². The van der Waals surface area contributed by atoms with E-state index in [-0.39, 0.29) is 16.1 Å². The van der Waals surface area contributed by atoms with Crippen LogP contribution in [0, 0.1) is 17.1 Å². The molecule has 0 saturated carbocycles. The van der Waals surface area contributed by atoms with E-state index in [1.807, 2.05) is 29.9 Å². The molecule has 1 fully saturated rings. The molecule has 13 heteroatoms. The van der Waals surface area contributed by atoms with Gasteiger partial charge in [-0.1, -0.05) is 29.3 Å². The van der Waals surface area contributed by atoms with E-state index < -0.39 is 11.9 Å². The van der Waals surface area contributed by atoms with E-state index in [0.717, 1.165) is 47.4 Å². The van der Waals surface area contributed by atoms with Crippen LogP contribution in [0.2, 0.25) is 10.0 Å². The second kappa shape index (κ2) is 14.1. The van der Waals surface area contributed by atoms with Gasteiger partial charge in [0.2, 0.25) is 0 Å². The Morgan fingerprint density at radius 1 is 1.08 bits per heavy atom. The van der Waals surface area contributed by atoms with Gasteiger partial charge in [0.1, 0.15) is 11.9 Å². The van der Waals surface area contributed by atoms with Gasteiger partial charge in [0, 0.05) is 53.8 Å². The molecule has 0 spiro atoms. The molecule has 0 bridgehead atoms. The molecule has 2 aromatic heterocycles. The second-order valence-corrected chi connectivity index (χ2v) is 14.5. The van der Waals surface area contributed by atoms with E-state index in [4.69, 9.17) is 29.0 Å². The number of nitrogens with zero attached hydrogens (tertiary/aromatic N) is 4. The number of fused-ring (bicyclic) bond motifs is 2. The van der Waals surface area contributed by atoms with Gasteiger partial charge in [-0.3, -0.25) is 15.7 Å². The molecule has 3 aromatic carbocycles. The summed E-state index contributed by atoms with van der Waals surface area (Å²) < 4.78 is 15.0. The first-order chi connectivity index (χ1) is 23.0. The number of rotatable bonds is 9. The number of aromatic nitrogens is 2. The van der Waals surface area contributed by atoms with Crippen LogP contribution < -0.4 is 27.2 Å². The molecule has 0 aliphatic carbocycles. The number of hydrogen-bond donors (Lipinski definition) is 5. The molecule has 1 atom stereocenters. The van der Waals surface area contributed by atoms with Crippen LogP contribution in [-0.2, 0) is 0 Å². The summed E-state index contributed by atoms with van der Waals surface area (Å²) in [6.07, 6.45) is 5.44. The maximum atomic E-state index is 13.9. The molecule has 5 aromatic rings. The lowest BCUT2D eigenvalue weighted by atomic mass is 9.98. The smallest absolute Gasteiger partial charge is 0.141 e. The average molecular weight is 705 g/mol. The summed E-state index contributed by atoms with van der Waals surface area (Å²) in [5, 5.41) is 21.4. The standard InChI is InChI=1S/C35H36Cl2FN9S/c1-35(2,3)47-10-8-22(9-11-47)41-18-30(46-40)33(20-4-7-29-31(12-20)48-19-43-29)45-24-13-25-32(44-23-5-6-28(38)26(36)14-23)21(16-39)17-42-34(25)27(37)15-24/h4-7,12-15,17-19,22,33,41,45-46H,8-11,40H2,1-3H3,(H,42,44)/b30-18-/t33-/m0/s1. The number of halogens is 3. The number of nitrogens with one attached hydrogen (secondary N) is 4. The predicted molar refractivity (Wildman–Crippen MR) is 195 cm³/mol. The van der Waals surface area contributed by atoms with Gasteiger partial charge in [-0.2, -0.15) is 5.26 Å². The van der Waals surface area contributed by atoms with Gasteiger partial charge in [0.15, 0.2) is 0 Å². The van der Waals surface area contributed by atoms with Gasteiger partial charge in [-0.05, 0) is 81.6 Å². The number of benzene rings is 3. The molecule has 0 radical (unpaired) electrons. The molecule has 6 rings (SSSR count). The summed E-state index contributed by atoms with van der Waals surface area (Å²) in [4.78, 5) is 11.4. The minimum absolute atomic E-state index is 0.0417. The Morgan fingerprint density at radius 3 is 2.56 bits per heavy atom. The van der Waals surface area contributed by atoms with E-state index >= 15 is 0 Å². The Balaban J connectivity index is 1.37. The minimum atomic E-state index is -0.540. The van der Waals surface area contributed by atoms with Crippen LogP contribution in [0.15, 0.2) is 72.1 Å². The van der Waals surface area contributed by atoms with Crippen molar-refractivity contribution in [1.82, 2.24) is 25.6 Å². The number of thiazole rings is 1. The van der Waals surface area contributed by atoms with Crippen molar-refractivity contribution in [2.75, 3.05) is 23.7 Å². The highest BCUT2D eigenvalue weighted by Gasteiger charge is 2.27. The Hall–Kier alpha value is -4.18. The number of nitrogens with two attached hydrogens (primary N) is 1. The first-order valence-corrected chi connectivity index (χ1v) is 17.2. The molecule has 9 nitrogen and oxygen atoms in total. The third-order valence-corrected chi connectivity index (χ3v) is 10.00. The van der Waals surface area contributed by atoms with Crippen molar-refractivity contribution >= 4 is 72.7 Å². The third-order valence-electron chi connectivity index (χ3n) is 8.63. The molecule has 248 valence electrons. The lowest BCUT2D eigenvalue weighted by Crippen LogP contribution is -2.49. The van der Waals surface area contributed by atoms with Gasteiger partial charge in [-0.25, -0.2) is 9.37 Å². The van der Waals surface area contributed by atoms with Crippen LogP contribution in [0.4, 0.5) is 21.5 Å². The lowest BCUT2D eigenvalue weighted by Gasteiger charge is -2.41. The van der Waals surface area contributed by atoms with Gasteiger partial charge in [0.05, 0.1) is 54.3 Å². The van der Waals surface area contributed by atoms with E-state index in [9.17, 15) is 9.65 Å². The van der Waals surface area contributed by atoms with Crippen LogP contribution >= 0.6 is 34.5 Å². The monoisotopic (exact) mass is 703 g/mol. The maximum absolute atomic E-state index is 13.9. The zero-order chi connectivity index (χ0) is 34.0. The number of hydrazine groups is 1. The molecule has 0 amide bonds. The lowest BCUT2D eigenvalue weighted by molar-refractivity contribution is 0.0988. The van der Waals surface area contributed by atoms with Gasteiger partial charge in [-0.15, -0.1) is 11.3 Å². The molecule has 1 aliphatic rings. The number of piperidine rings is 1. The first kappa shape index (κ1) is 33.7. The van der Waals surface area contributed by atoms with E-state index in [0.29, 0.717) is 39.0 Å². The van der Waals surface area contributed by atoms with Crippen LogP contribution in [0.25, 0.3) is 21.1 Å². The van der Waals surface area contributed by atoms with Gasteiger partial charge >= 0.3 is 0 Å². The van der Waals surface area contributed by atoms with Crippen molar-refractivity contribution in [2.24, 2.45) is 5.84 Å². The van der Waals surface area contributed by atoms with Crippen LogP contribution in [-0.4, -0.2) is 39.5 Å². The van der Waals surface area contributed by atoms with E-state index in [2.05, 4.69) is 69.2 Å². The Morgan fingerprint density at radius 2 is 1.85 bits per heavy atom. The van der Waals surface area contributed by atoms with Crippen molar-refractivity contribution in [3.05, 3.63) is 99.1 Å². The molecule has 6 N–H and O–H groups in total. The fraction of sp³-hybridized carbons (Fsp3) is 0.286. The molecule has 1 aliphatic heterocycles. The van der Waals surface area contributed by atoms with Crippen LogP contribution in [0.3, 0.4) is 0 Å². The number of pyridine rings is 1. The Bertz CT molecular complexity index is 2030. The normalized spacial score (nSPS) is 15.3. The van der Waals surface area contributed by atoms with Crippen molar-refractivity contribution < 1.29 is 4.39 Å². The average Bonchev–Trinajstić information content (AvgIpc) is 3.54. The third kappa shape index (κ3) is 7.28. The topological polar surface area (TPSA) is 127 Å². The summed E-state index contributed by atoms with van der Waals surface area (Å²) in [7, 11) is 0. The fourth-order valence-electron chi connectivity index (χ4n) is 5.97. The molecule has 3 heterocycles. The van der Waals surface area contributed by atoms with Crippen molar-refractivity contribution in [1.29, 1.82) is 5.26 Å². The summed E-state index contributed by atoms with van der Waals surface area (Å²) in [5.74, 6) is 5.67. The highest BCUT2D eigenvalue weighted by molar-refractivity contribution is 7.16. The van der Waals surface area contributed by atoms with Crippen molar-refractivity contribution in [3.63, 3.8) is 0 Å². The Labute approximate surface area is 292 Å². The summed E-state index contributed by atoms with van der Waals surface area (Å²) in [6, 6.07) is 16.1. The molecule has 0 unspecified atom stereocenters. The highest BCUT2D eigenvalue weighted by atomic mass is 35.5.